The second-order valence-electron chi connectivity index (χ2n) is 3.68. The molecule has 0 aliphatic carbocycles. The zero-order chi connectivity index (χ0) is 12.8. The van der Waals surface area contributed by atoms with Crippen molar-refractivity contribution in [3.05, 3.63) is 35.1 Å². The fourth-order valence-corrected chi connectivity index (χ4v) is 1.60. The Balaban J connectivity index is 2.61. The Labute approximate surface area is 104 Å². The van der Waals surface area contributed by atoms with E-state index in [0.717, 1.165) is 5.56 Å². The highest BCUT2D eigenvalue weighted by Gasteiger charge is 2.10. The number of benzene rings is 1. The summed E-state index contributed by atoms with van der Waals surface area (Å²) in [6, 6.07) is 4.45. The predicted molar refractivity (Wildman–Crippen MR) is 67.1 cm³/mol. The Bertz CT molecular complexity index is 398. The van der Waals surface area contributed by atoms with Gasteiger partial charge in [0, 0.05) is 12.1 Å². The molecule has 0 heterocycles. The monoisotopic (exact) mass is 257 g/mol. The van der Waals surface area contributed by atoms with Crippen molar-refractivity contribution in [2.75, 3.05) is 6.26 Å². The summed E-state index contributed by atoms with van der Waals surface area (Å²) in [6.45, 7) is 1.83. The van der Waals surface area contributed by atoms with Gasteiger partial charge in [0.2, 0.25) is 5.91 Å². The molecule has 0 saturated heterocycles. The van der Waals surface area contributed by atoms with Gasteiger partial charge in [0.05, 0.1) is 11.9 Å². The van der Waals surface area contributed by atoms with E-state index in [0.29, 0.717) is 6.54 Å². The SMILES string of the molecule is CSC(C)C(=O)NCc1ccc(F)c(CO)c1. The summed E-state index contributed by atoms with van der Waals surface area (Å²) in [4.78, 5) is 11.5. The van der Waals surface area contributed by atoms with E-state index in [9.17, 15) is 9.18 Å². The number of amides is 1. The first-order valence-corrected chi connectivity index (χ1v) is 6.56. The van der Waals surface area contributed by atoms with Gasteiger partial charge in [-0.3, -0.25) is 4.79 Å². The summed E-state index contributed by atoms with van der Waals surface area (Å²) >= 11 is 1.47. The molecule has 0 aliphatic heterocycles. The Morgan fingerprint density at radius 3 is 2.88 bits per heavy atom. The quantitative estimate of drug-likeness (QED) is 0.844. The van der Waals surface area contributed by atoms with Crippen LogP contribution in [0, 0.1) is 5.82 Å². The van der Waals surface area contributed by atoms with Crippen LogP contribution in [0.1, 0.15) is 18.1 Å². The molecule has 17 heavy (non-hydrogen) atoms. The van der Waals surface area contributed by atoms with Gasteiger partial charge in [0.1, 0.15) is 5.82 Å². The highest BCUT2D eigenvalue weighted by atomic mass is 32.2. The summed E-state index contributed by atoms with van der Waals surface area (Å²) < 4.78 is 13.1. The second kappa shape index (κ2) is 6.61. The van der Waals surface area contributed by atoms with Crippen molar-refractivity contribution >= 4 is 17.7 Å². The van der Waals surface area contributed by atoms with E-state index >= 15 is 0 Å². The van der Waals surface area contributed by atoms with Crippen molar-refractivity contribution in [2.45, 2.75) is 25.3 Å². The molecule has 94 valence electrons. The Hall–Kier alpha value is -1.07. The van der Waals surface area contributed by atoms with Gasteiger partial charge in [-0.25, -0.2) is 4.39 Å². The summed E-state index contributed by atoms with van der Waals surface area (Å²) in [7, 11) is 0. The van der Waals surface area contributed by atoms with Gasteiger partial charge in [-0.2, -0.15) is 11.8 Å². The van der Waals surface area contributed by atoms with E-state index in [2.05, 4.69) is 5.32 Å². The first-order chi connectivity index (χ1) is 8.08. The van der Waals surface area contributed by atoms with Crippen molar-refractivity contribution in [1.82, 2.24) is 5.32 Å². The lowest BCUT2D eigenvalue weighted by Gasteiger charge is -2.10. The second-order valence-corrected chi connectivity index (χ2v) is 4.86. The number of carbonyl (C=O) groups excluding carboxylic acids is 1. The third-order valence-electron chi connectivity index (χ3n) is 2.47. The topological polar surface area (TPSA) is 49.3 Å². The van der Waals surface area contributed by atoms with Gasteiger partial charge in [0.15, 0.2) is 0 Å². The smallest absolute Gasteiger partial charge is 0.233 e. The van der Waals surface area contributed by atoms with Gasteiger partial charge >= 0.3 is 0 Å². The number of halogens is 1. The highest BCUT2D eigenvalue weighted by Crippen LogP contribution is 2.11. The number of aliphatic hydroxyl groups excluding tert-OH is 1. The van der Waals surface area contributed by atoms with Crippen LogP contribution >= 0.6 is 11.8 Å². The predicted octanol–water partition coefficient (Wildman–Crippen LogP) is 1.69. The molecule has 0 aliphatic rings. The van der Waals surface area contributed by atoms with Crippen LogP contribution in [0.15, 0.2) is 18.2 Å². The van der Waals surface area contributed by atoms with Crippen LogP contribution in [0.2, 0.25) is 0 Å². The van der Waals surface area contributed by atoms with Crippen molar-refractivity contribution in [3.63, 3.8) is 0 Å². The minimum absolute atomic E-state index is 0.0487. The van der Waals surface area contributed by atoms with Gasteiger partial charge in [0.25, 0.3) is 0 Å². The molecular weight excluding hydrogens is 241 g/mol. The molecule has 1 aromatic rings. The summed E-state index contributed by atoms with van der Waals surface area (Å²) in [5.41, 5.74) is 1.02. The third kappa shape index (κ3) is 4.02. The van der Waals surface area contributed by atoms with Crippen LogP contribution in [0.4, 0.5) is 4.39 Å². The van der Waals surface area contributed by atoms with E-state index in [1.54, 1.807) is 12.1 Å². The average molecular weight is 257 g/mol. The number of hydrogen-bond donors (Lipinski definition) is 2. The lowest BCUT2D eigenvalue weighted by molar-refractivity contribution is -0.120. The number of nitrogens with one attached hydrogen (secondary N) is 1. The molecule has 2 N–H and O–H groups in total. The molecular formula is C12H16FNO2S. The largest absolute Gasteiger partial charge is 0.392 e. The zero-order valence-corrected chi connectivity index (χ0v) is 10.7. The molecule has 1 aromatic carbocycles. The fourth-order valence-electron chi connectivity index (χ4n) is 1.30. The summed E-state index contributed by atoms with van der Waals surface area (Å²) in [6.07, 6.45) is 1.87. The maximum absolute atomic E-state index is 13.1. The van der Waals surface area contributed by atoms with Crippen LogP contribution < -0.4 is 5.32 Å². The maximum Gasteiger partial charge on any atom is 0.233 e. The number of aliphatic hydroxyl groups is 1. The summed E-state index contributed by atoms with van der Waals surface area (Å²) in [5, 5.41) is 11.6. The molecule has 0 aromatic heterocycles. The normalized spacial score (nSPS) is 12.2. The lowest BCUT2D eigenvalue weighted by atomic mass is 10.1. The van der Waals surface area contributed by atoms with E-state index in [1.165, 1.54) is 17.8 Å². The number of hydrogen-bond acceptors (Lipinski definition) is 3. The molecule has 1 unspecified atom stereocenters. The average Bonchev–Trinajstić information content (AvgIpc) is 2.36. The molecule has 0 radical (unpaired) electrons. The third-order valence-corrected chi connectivity index (χ3v) is 3.39. The standard InChI is InChI=1S/C12H16FNO2S/c1-8(17-2)12(16)14-6-9-3-4-11(13)10(5-9)7-15/h3-5,8,15H,6-7H2,1-2H3,(H,14,16). The van der Waals surface area contributed by atoms with E-state index < -0.39 is 5.82 Å². The first-order valence-electron chi connectivity index (χ1n) is 5.27. The molecule has 1 amide bonds. The molecule has 1 atom stereocenters. The van der Waals surface area contributed by atoms with E-state index in [4.69, 9.17) is 5.11 Å². The zero-order valence-electron chi connectivity index (χ0n) is 9.87. The lowest BCUT2D eigenvalue weighted by Crippen LogP contribution is -2.30. The fraction of sp³-hybridized carbons (Fsp3) is 0.417. The van der Waals surface area contributed by atoms with Crippen molar-refractivity contribution in [2.24, 2.45) is 0 Å². The Morgan fingerprint density at radius 1 is 1.59 bits per heavy atom. The van der Waals surface area contributed by atoms with Crippen molar-refractivity contribution in [1.29, 1.82) is 0 Å². The molecule has 0 bridgehead atoms. The van der Waals surface area contributed by atoms with E-state index in [1.807, 2.05) is 13.2 Å². The van der Waals surface area contributed by atoms with Gasteiger partial charge in [-0.1, -0.05) is 6.07 Å². The molecule has 3 nitrogen and oxygen atoms in total. The number of rotatable bonds is 5. The maximum atomic E-state index is 13.1. The first kappa shape index (κ1) is 14.0. The van der Waals surface area contributed by atoms with Gasteiger partial charge in [-0.15, -0.1) is 0 Å². The number of thioether (sulfide) groups is 1. The number of carbonyl (C=O) groups is 1. The van der Waals surface area contributed by atoms with Crippen LogP contribution in [-0.2, 0) is 17.9 Å². The molecule has 5 heteroatoms. The van der Waals surface area contributed by atoms with Crippen LogP contribution in [-0.4, -0.2) is 22.5 Å². The van der Waals surface area contributed by atoms with Gasteiger partial charge in [-0.05, 0) is 30.9 Å². The Morgan fingerprint density at radius 2 is 2.29 bits per heavy atom. The van der Waals surface area contributed by atoms with Crippen molar-refractivity contribution < 1.29 is 14.3 Å². The van der Waals surface area contributed by atoms with Crippen LogP contribution in [0.3, 0.4) is 0 Å². The Kier molecular flexibility index (Phi) is 5.44. The van der Waals surface area contributed by atoms with Crippen LogP contribution in [0.5, 0.6) is 0 Å². The van der Waals surface area contributed by atoms with Gasteiger partial charge < -0.3 is 10.4 Å². The minimum Gasteiger partial charge on any atom is -0.392 e. The molecule has 0 saturated carbocycles. The van der Waals surface area contributed by atoms with Crippen molar-refractivity contribution in [3.8, 4) is 0 Å². The molecule has 1 rings (SSSR count). The summed E-state index contributed by atoms with van der Waals surface area (Å²) in [5.74, 6) is -0.479. The highest BCUT2D eigenvalue weighted by molar-refractivity contribution is 7.99. The molecule has 0 spiro atoms. The van der Waals surface area contributed by atoms with Crippen LogP contribution in [0.25, 0.3) is 0 Å². The minimum atomic E-state index is -0.431. The van der Waals surface area contributed by atoms with E-state index in [-0.39, 0.29) is 23.3 Å². The molecule has 0 fully saturated rings.